The summed E-state index contributed by atoms with van der Waals surface area (Å²) in [5, 5.41) is 0. The van der Waals surface area contributed by atoms with Gasteiger partial charge >= 0.3 is 0 Å². The molecular weight excluding hydrogens is 220 g/mol. The Bertz CT molecular complexity index is 236. The molecule has 3 heteroatoms. The van der Waals surface area contributed by atoms with Crippen molar-refractivity contribution >= 4 is 17.5 Å². The number of thioether (sulfide) groups is 1. The number of Topliss-reactive ketones (excluding diaryl/α,β-unsaturated/α-hetero) is 1. The van der Waals surface area contributed by atoms with Gasteiger partial charge in [0.05, 0.1) is 6.61 Å². The number of ether oxygens (including phenoxy) is 1. The maximum Gasteiger partial charge on any atom is 0.165 e. The van der Waals surface area contributed by atoms with Crippen LogP contribution in [-0.2, 0) is 9.53 Å². The lowest BCUT2D eigenvalue weighted by Crippen LogP contribution is -2.37. The summed E-state index contributed by atoms with van der Waals surface area (Å²) in [7, 11) is 0. The summed E-state index contributed by atoms with van der Waals surface area (Å²) in [6, 6.07) is 0. The molecule has 0 aromatic rings. The van der Waals surface area contributed by atoms with Gasteiger partial charge < -0.3 is 4.74 Å². The Morgan fingerprint density at radius 2 is 2.31 bits per heavy atom. The first-order valence-corrected chi connectivity index (χ1v) is 7.69. The van der Waals surface area contributed by atoms with Gasteiger partial charge in [0.25, 0.3) is 0 Å². The molecule has 2 fully saturated rings. The van der Waals surface area contributed by atoms with Gasteiger partial charge in [0.2, 0.25) is 0 Å². The first-order valence-electron chi connectivity index (χ1n) is 6.54. The Morgan fingerprint density at radius 1 is 1.44 bits per heavy atom. The third-order valence-electron chi connectivity index (χ3n) is 3.90. The Morgan fingerprint density at radius 3 is 3.00 bits per heavy atom. The van der Waals surface area contributed by atoms with Crippen LogP contribution < -0.4 is 0 Å². The quantitative estimate of drug-likeness (QED) is 0.761. The van der Waals surface area contributed by atoms with Crippen molar-refractivity contribution < 1.29 is 9.53 Å². The predicted molar refractivity (Wildman–Crippen MR) is 67.8 cm³/mol. The van der Waals surface area contributed by atoms with Crippen LogP contribution in [0.3, 0.4) is 0 Å². The molecule has 0 bridgehead atoms. The van der Waals surface area contributed by atoms with E-state index >= 15 is 0 Å². The maximum absolute atomic E-state index is 12.3. The van der Waals surface area contributed by atoms with Crippen molar-refractivity contribution in [1.82, 2.24) is 0 Å². The summed E-state index contributed by atoms with van der Waals surface area (Å²) >= 11 is 1.86. The smallest absolute Gasteiger partial charge is 0.165 e. The molecule has 0 amide bonds. The Kier molecular flexibility index (Phi) is 4.71. The zero-order chi connectivity index (χ0) is 11.4. The number of carbonyl (C=O) groups is 1. The lowest BCUT2D eigenvalue weighted by atomic mass is 9.77. The third-order valence-corrected chi connectivity index (χ3v) is 4.89. The zero-order valence-corrected chi connectivity index (χ0v) is 10.9. The van der Waals surface area contributed by atoms with E-state index < -0.39 is 0 Å². The number of rotatable bonds is 3. The van der Waals surface area contributed by atoms with E-state index in [0.717, 1.165) is 36.9 Å². The molecule has 0 aromatic heterocycles. The number of hydrogen-bond acceptors (Lipinski definition) is 3. The molecule has 0 spiro atoms. The Hall–Kier alpha value is -0.0200. The highest BCUT2D eigenvalue weighted by atomic mass is 32.2. The van der Waals surface area contributed by atoms with E-state index in [-0.39, 0.29) is 6.10 Å². The van der Waals surface area contributed by atoms with E-state index in [0.29, 0.717) is 11.7 Å². The van der Waals surface area contributed by atoms with Gasteiger partial charge in [-0.1, -0.05) is 26.2 Å². The van der Waals surface area contributed by atoms with Crippen LogP contribution in [0.1, 0.15) is 39.0 Å². The maximum atomic E-state index is 12.3. The van der Waals surface area contributed by atoms with Gasteiger partial charge in [-0.05, 0) is 18.8 Å². The van der Waals surface area contributed by atoms with Crippen LogP contribution in [0.5, 0.6) is 0 Å². The molecule has 3 unspecified atom stereocenters. The highest BCUT2D eigenvalue weighted by Crippen LogP contribution is 2.33. The molecule has 2 aliphatic rings. The minimum Gasteiger partial charge on any atom is -0.369 e. The zero-order valence-electron chi connectivity index (χ0n) is 10.1. The molecule has 92 valence electrons. The summed E-state index contributed by atoms with van der Waals surface area (Å²) in [5.74, 6) is 3.39. The number of hydrogen-bond donors (Lipinski definition) is 0. The fraction of sp³-hybridized carbons (Fsp3) is 0.923. The molecule has 1 saturated carbocycles. The average Bonchev–Trinajstić information content (AvgIpc) is 2.39. The molecule has 2 rings (SSSR count). The van der Waals surface area contributed by atoms with Gasteiger partial charge in [-0.3, -0.25) is 4.79 Å². The fourth-order valence-corrected chi connectivity index (χ4v) is 3.69. The molecule has 3 atom stereocenters. The van der Waals surface area contributed by atoms with Crippen molar-refractivity contribution in [3.05, 3.63) is 0 Å². The summed E-state index contributed by atoms with van der Waals surface area (Å²) < 4.78 is 5.59. The van der Waals surface area contributed by atoms with E-state index in [2.05, 4.69) is 6.92 Å². The topological polar surface area (TPSA) is 26.3 Å². The molecular formula is C13H22O2S. The van der Waals surface area contributed by atoms with Gasteiger partial charge in [0.1, 0.15) is 6.10 Å². The lowest BCUT2D eigenvalue weighted by molar-refractivity contribution is -0.134. The lowest BCUT2D eigenvalue weighted by Gasteiger charge is -2.31. The normalized spacial score (nSPS) is 35.9. The van der Waals surface area contributed by atoms with Crippen LogP contribution in [0.2, 0.25) is 0 Å². The summed E-state index contributed by atoms with van der Waals surface area (Å²) in [6.45, 7) is 3.00. The molecule has 1 aliphatic carbocycles. The molecule has 2 nitrogen and oxygen atoms in total. The van der Waals surface area contributed by atoms with Crippen molar-refractivity contribution in [3.8, 4) is 0 Å². The van der Waals surface area contributed by atoms with Crippen LogP contribution >= 0.6 is 11.8 Å². The van der Waals surface area contributed by atoms with Crippen molar-refractivity contribution in [1.29, 1.82) is 0 Å². The Balaban J connectivity index is 1.87. The van der Waals surface area contributed by atoms with Gasteiger partial charge in [0, 0.05) is 17.4 Å². The highest BCUT2D eigenvalue weighted by molar-refractivity contribution is 7.99. The second-order valence-corrected chi connectivity index (χ2v) is 6.12. The van der Waals surface area contributed by atoms with Crippen LogP contribution in [0.4, 0.5) is 0 Å². The van der Waals surface area contributed by atoms with Gasteiger partial charge in [-0.25, -0.2) is 0 Å². The monoisotopic (exact) mass is 242 g/mol. The number of carbonyl (C=O) groups excluding carboxylic acids is 1. The van der Waals surface area contributed by atoms with Crippen molar-refractivity contribution in [2.24, 2.45) is 11.8 Å². The van der Waals surface area contributed by atoms with Crippen LogP contribution in [0, 0.1) is 11.8 Å². The van der Waals surface area contributed by atoms with Crippen LogP contribution in [-0.4, -0.2) is 30.0 Å². The molecule has 1 saturated heterocycles. The first-order chi connectivity index (χ1) is 7.81. The minimum atomic E-state index is -0.0978. The minimum absolute atomic E-state index is 0.0978. The standard InChI is InChI=1S/C13H22O2S/c1-2-10-4-3-5-11(8-10)13(14)12-9-16-7-6-15-12/h10-12H,2-9H2,1H3. The van der Waals surface area contributed by atoms with E-state index in [1.165, 1.54) is 19.3 Å². The van der Waals surface area contributed by atoms with Crippen LogP contribution in [0.25, 0.3) is 0 Å². The summed E-state index contributed by atoms with van der Waals surface area (Å²) in [4.78, 5) is 12.3. The molecule has 1 heterocycles. The summed E-state index contributed by atoms with van der Waals surface area (Å²) in [6.07, 6.45) is 5.89. The van der Waals surface area contributed by atoms with Crippen molar-refractivity contribution in [2.45, 2.75) is 45.1 Å². The number of ketones is 1. The van der Waals surface area contributed by atoms with E-state index in [1.807, 2.05) is 11.8 Å². The van der Waals surface area contributed by atoms with Crippen molar-refractivity contribution in [2.75, 3.05) is 18.1 Å². The average molecular weight is 242 g/mol. The summed E-state index contributed by atoms with van der Waals surface area (Å²) in [5.41, 5.74) is 0. The van der Waals surface area contributed by atoms with Gasteiger partial charge in [-0.15, -0.1) is 0 Å². The van der Waals surface area contributed by atoms with Gasteiger partial charge in [0.15, 0.2) is 5.78 Å². The Labute approximate surface area is 103 Å². The molecule has 16 heavy (non-hydrogen) atoms. The molecule has 0 radical (unpaired) electrons. The SMILES string of the molecule is CCC1CCCC(C(=O)C2CSCCO2)C1. The fourth-order valence-electron chi connectivity index (χ4n) is 2.84. The highest BCUT2D eigenvalue weighted by Gasteiger charge is 2.32. The van der Waals surface area contributed by atoms with Gasteiger partial charge in [-0.2, -0.15) is 11.8 Å². The third kappa shape index (κ3) is 3.01. The molecule has 0 aromatic carbocycles. The van der Waals surface area contributed by atoms with E-state index in [1.54, 1.807) is 0 Å². The second kappa shape index (κ2) is 6.06. The van der Waals surface area contributed by atoms with Crippen LogP contribution in [0.15, 0.2) is 0 Å². The second-order valence-electron chi connectivity index (χ2n) is 4.97. The first kappa shape index (κ1) is 12.4. The van der Waals surface area contributed by atoms with E-state index in [9.17, 15) is 4.79 Å². The molecule has 1 aliphatic heterocycles. The predicted octanol–water partition coefficient (Wildman–Crippen LogP) is 2.90. The van der Waals surface area contributed by atoms with Crippen molar-refractivity contribution in [3.63, 3.8) is 0 Å². The largest absolute Gasteiger partial charge is 0.369 e. The molecule has 0 N–H and O–H groups in total. The van der Waals surface area contributed by atoms with E-state index in [4.69, 9.17) is 4.74 Å².